The van der Waals surface area contributed by atoms with Gasteiger partial charge in [0.1, 0.15) is 11.6 Å². The van der Waals surface area contributed by atoms with Gasteiger partial charge < -0.3 is 0 Å². The van der Waals surface area contributed by atoms with Crippen LogP contribution in [-0.4, -0.2) is 5.78 Å². The molecule has 4 heteroatoms. The Morgan fingerprint density at radius 2 is 1.74 bits per heavy atom. The van der Waals surface area contributed by atoms with Crippen molar-refractivity contribution < 1.29 is 13.6 Å². The van der Waals surface area contributed by atoms with E-state index >= 15 is 0 Å². The predicted molar refractivity (Wildman–Crippen MR) is 74.2 cm³/mol. The lowest BCUT2D eigenvalue weighted by atomic mass is 9.92. The molecule has 0 atom stereocenters. The van der Waals surface area contributed by atoms with Crippen LogP contribution in [0.2, 0.25) is 0 Å². The van der Waals surface area contributed by atoms with Crippen molar-refractivity contribution in [3.05, 3.63) is 33.8 Å². The molecule has 0 amide bonds. The average molecular weight is 331 g/mol. The summed E-state index contributed by atoms with van der Waals surface area (Å²) in [5.41, 5.74) is -0.120. The molecule has 0 bridgehead atoms. The third kappa shape index (κ3) is 3.85. The van der Waals surface area contributed by atoms with Crippen molar-refractivity contribution in [1.82, 2.24) is 0 Å². The number of carbonyl (C=O) groups is 1. The Morgan fingerprint density at radius 3 is 2.37 bits per heavy atom. The van der Waals surface area contributed by atoms with Gasteiger partial charge in [-0.25, -0.2) is 8.78 Å². The Morgan fingerprint density at radius 1 is 1.11 bits per heavy atom. The highest BCUT2D eigenvalue weighted by Crippen LogP contribution is 2.28. The largest absolute Gasteiger partial charge is 0.294 e. The summed E-state index contributed by atoms with van der Waals surface area (Å²) in [5, 5.41) is 0. The fourth-order valence-corrected chi connectivity index (χ4v) is 2.99. The lowest BCUT2D eigenvalue weighted by Crippen LogP contribution is -2.10. The molecule has 0 heterocycles. The highest BCUT2D eigenvalue weighted by Gasteiger charge is 2.20. The highest BCUT2D eigenvalue weighted by atomic mass is 79.9. The molecule has 0 spiro atoms. The molecule has 0 aliphatic heterocycles. The molecular weight excluding hydrogens is 314 g/mol. The summed E-state index contributed by atoms with van der Waals surface area (Å²) in [4.78, 5) is 12.1. The maximum atomic E-state index is 13.7. The minimum Gasteiger partial charge on any atom is -0.294 e. The molecule has 1 aliphatic rings. The van der Waals surface area contributed by atoms with Crippen molar-refractivity contribution in [3.63, 3.8) is 0 Å². The van der Waals surface area contributed by atoms with Gasteiger partial charge in [-0.1, -0.05) is 38.5 Å². The van der Waals surface area contributed by atoms with Crippen LogP contribution in [-0.2, 0) is 0 Å². The SMILES string of the molecule is O=C(CC1CCCCCC1)c1cc(F)c(Br)cc1F. The molecule has 0 aromatic heterocycles. The van der Waals surface area contributed by atoms with Gasteiger partial charge in [0.05, 0.1) is 10.0 Å². The smallest absolute Gasteiger partial charge is 0.166 e. The topological polar surface area (TPSA) is 17.1 Å². The summed E-state index contributed by atoms with van der Waals surface area (Å²) in [6.45, 7) is 0. The third-order valence-corrected chi connectivity index (χ3v) is 4.37. The van der Waals surface area contributed by atoms with Crippen LogP contribution in [0.5, 0.6) is 0 Å². The first-order chi connectivity index (χ1) is 9.08. The van der Waals surface area contributed by atoms with Crippen molar-refractivity contribution in [1.29, 1.82) is 0 Å². The van der Waals surface area contributed by atoms with E-state index in [9.17, 15) is 13.6 Å². The van der Waals surface area contributed by atoms with Crippen molar-refractivity contribution in [3.8, 4) is 0 Å². The standard InChI is InChI=1S/C15H17BrF2O/c16-12-9-13(17)11(8-14(12)18)15(19)7-10-5-3-1-2-4-6-10/h8-10H,1-7H2. The highest BCUT2D eigenvalue weighted by molar-refractivity contribution is 9.10. The summed E-state index contributed by atoms with van der Waals surface area (Å²) in [5.74, 6) is -1.20. The van der Waals surface area contributed by atoms with E-state index in [0.29, 0.717) is 12.3 Å². The first kappa shape index (κ1) is 14.6. The van der Waals surface area contributed by atoms with Gasteiger partial charge in [0.2, 0.25) is 0 Å². The minimum absolute atomic E-state index is 0.0519. The zero-order valence-corrected chi connectivity index (χ0v) is 12.3. The van der Waals surface area contributed by atoms with Crippen LogP contribution in [0, 0.1) is 17.6 Å². The number of hydrogen-bond donors (Lipinski definition) is 0. The van der Waals surface area contributed by atoms with E-state index in [1.807, 2.05) is 0 Å². The van der Waals surface area contributed by atoms with E-state index < -0.39 is 11.6 Å². The number of hydrogen-bond acceptors (Lipinski definition) is 1. The molecule has 1 aromatic rings. The van der Waals surface area contributed by atoms with Crippen LogP contribution >= 0.6 is 15.9 Å². The summed E-state index contributed by atoms with van der Waals surface area (Å²) < 4.78 is 27.1. The Balaban J connectivity index is 2.08. The van der Waals surface area contributed by atoms with E-state index in [1.54, 1.807) is 0 Å². The minimum atomic E-state index is -0.646. The van der Waals surface area contributed by atoms with E-state index in [2.05, 4.69) is 15.9 Å². The van der Waals surface area contributed by atoms with Crippen molar-refractivity contribution in [2.24, 2.45) is 5.92 Å². The molecule has 0 unspecified atom stereocenters. The molecule has 2 rings (SSSR count). The second-order valence-corrected chi connectivity index (χ2v) is 6.09. The Bertz CT molecular complexity index is 465. The quantitative estimate of drug-likeness (QED) is 0.419. The van der Waals surface area contributed by atoms with E-state index in [1.165, 1.54) is 12.8 Å². The number of halogens is 3. The Hall–Kier alpha value is -0.770. The molecule has 1 aliphatic carbocycles. The summed E-state index contributed by atoms with van der Waals surface area (Å²) in [6.07, 6.45) is 7.07. The number of rotatable bonds is 3. The molecule has 19 heavy (non-hydrogen) atoms. The summed E-state index contributed by atoms with van der Waals surface area (Å²) >= 11 is 2.91. The van der Waals surface area contributed by atoms with Crippen molar-refractivity contribution >= 4 is 21.7 Å². The molecule has 1 fully saturated rings. The lowest BCUT2D eigenvalue weighted by Gasteiger charge is -2.13. The normalized spacial score (nSPS) is 17.2. The fraction of sp³-hybridized carbons (Fsp3) is 0.533. The van der Waals surface area contributed by atoms with Gasteiger partial charge >= 0.3 is 0 Å². The zero-order chi connectivity index (χ0) is 13.8. The van der Waals surface area contributed by atoms with Gasteiger partial charge in [0, 0.05) is 6.42 Å². The Kier molecular flexibility index (Phi) is 5.08. The number of ketones is 1. The molecule has 1 aromatic carbocycles. The van der Waals surface area contributed by atoms with Crippen LogP contribution in [0.4, 0.5) is 8.78 Å². The van der Waals surface area contributed by atoms with Gasteiger partial charge in [-0.2, -0.15) is 0 Å². The molecule has 0 radical (unpaired) electrons. The van der Waals surface area contributed by atoms with Gasteiger partial charge in [0.15, 0.2) is 5.78 Å². The predicted octanol–water partition coefficient (Wildman–Crippen LogP) is 5.27. The van der Waals surface area contributed by atoms with Crippen LogP contribution in [0.1, 0.15) is 55.3 Å². The van der Waals surface area contributed by atoms with E-state index in [0.717, 1.165) is 37.8 Å². The molecule has 1 saturated carbocycles. The van der Waals surface area contributed by atoms with E-state index in [4.69, 9.17) is 0 Å². The monoisotopic (exact) mass is 330 g/mol. The number of Topliss-reactive ketones (excluding diaryl/α,β-unsaturated/α-hetero) is 1. The first-order valence-electron chi connectivity index (χ1n) is 6.75. The molecule has 0 saturated heterocycles. The van der Waals surface area contributed by atoms with Gasteiger partial charge in [-0.3, -0.25) is 4.79 Å². The molecule has 1 nitrogen and oxygen atoms in total. The van der Waals surface area contributed by atoms with E-state index in [-0.39, 0.29) is 15.8 Å². The summed E-state index contributed by atoms with van der Waals surface area (Å²) in [6, 6.07) is 2.02. The average Bonchev–Trinajstić information content (AvgIpc) is 2.62. The second-order valence-electron chi connectivity index (χ2n) is 5.23. The maximum Gasteiger partial charge on any atom is 0.166 e. The van der Waals surface area contributed by atoms with Crippen molar-refractivity contribution in [2.45, 2.75) is 44.9 Å². The maximum absolute atomic E-state index is 13.7. The molecular formula is C15H17BrF2O. The van der Waals surface area contributed by atoms with Gasteiger partial charge in [0.25, 0.3) is 0 Å². The van der Waals surface area contributed by atoms with Gasteiger partial charge in [-0.15, -0.1) is 0 Å². The van der Waals surface area contributed by atoms with Crippen molar-refractivity contribution in [2.75, 3.05) is 0 Å². The van der Waals surface area contributed by atoms with Crippen LogP contribution in [0.3, 0.4) is 0 Å². The molecule has 0 N–H and O–H groups in total. The van der Waals surface area contributed by atoms with Crippen LogP contribution in [0.25, 0.3) is 0 Å². The van der Waals surface area contributed by atoms with Gasteiger partial charge in [-0.05, 0) is 34.0 Å². The molecule has 104 valence electrons. The first-order valence-corrected chi connectivity index (χ1v) is 7.55. The fourth-order valence-electron chi connectivity index (χ4n) is 2.68. The zero-order valence-electron chi connectivity index (χ0n) is 10.7. The van der Waals surface area contributed by atoms with Crippen LogP contribution < -0.4 is 0 Å². The van der Waals surface area contributed by atoms with Crippen LogP contribution in [0.15, 0.2) is 16.6 Å². The Labute approximate surface area is 120 Å². The summed E-state index contributed by atoms with van der Waals surface area (Å²) in [7, 11) is 0. The second kappa shape index (κ2) is 6.60. The number of benzene rings is 1. The third-order valence-electron chi connectivity index (χ3n) is 3.76. The number of carbonyl (C=O) groups excluding carboxylic acids is 1. The lowest BCUT2D eigenvalue weighted by molar-refractivity contribution is 0.0952.